The van der Waals surface area contributed by atoms with Crippen LogP contribution < -0.4 is 15.4 Å². The van der Waals surface area contributed by atoms with Crippen molar-refractivity contribution in [2.45, 2.75) is 32.1 Å². The zero-order valence-electron chi connectivity index (χ0n) is 15.4. The molecule has 0 saturated carbocycles. The smallest absolute Gasteiger partial charge is 0.387 e. The molecule has 0 spiro atoms. The Bertz CT molecular complexity index is 636. The average Bonchev–Trinajstić information content (AvgIpc) is 3.13. The molecule has 1 aromatic carbocycles. The molecule has 160 valence electrons. The first kappa shape index (κ1) is 25.4. The summed E-state index contributed by atoms with van der Waals surface area (Å²) in [5, 5.41) is 6.42. The average molecular weight is 554 g/mol. The molecule has 1 heterocycles. The van der Waals surface area contributed by atoms with Crippen molar-refractivity contribution in [2.75, 3.05) is 33.4 Å². The minimum atomic E-state index is -2.99. The molecular formula is C17H24Cl2F2IN3O3. The van der Waals surface area contributed by atoms with Gasteiger partial charge in [-0.1, -0.05) is 23.2 Å². The van der Waals surface area contributed by atoms with Crippen LogP contribution in [0.5, 0.6) is 5.75 Å². The zero-order valence-corrected chi connectivity index (χ0v) is 19.2. The zero-order chi connectivity index (χ0) is 19.6. The van der Waals surface area contributed by atoms with Crippen LogP contribution in [0.15, 0.2) is 17.1 Å². The standard InChI is InChI=1S/C17H23Cl2F2N3O3.HI/c1-22-17(23-4-6-25-10-13-3-2-5-26-13)24-9-11-7-12(18)8-14(19)15(11)27-16(20)21;/h7-8,13,16H,2-6,9-10H2,1H3,(H2,22,23,24);1H. The molecule has 1 unspecified atom stereocenters. The number of hydrogen-bond donors (Lipinski definition) is 2. The first-order valence-corrected chi connectivity index (χ1v) is 9.31. The van der Waals surface area contributed by atoms with Crippen molar-refractivity contribution >= 4 is 53.1 Å². The first-order chi connectivity index (χ1) is 13.0. The molecule has 0 aliphatic carbocycles. The van der Waals surface area contributed by atoms with Gasteiger partial charge in [0.2, 0.25) is 0 Å². The van der Waals surface area contributed by atoms with Crippen molar-refractivity contribution in [3.8, 4) is 5.75 Å². The quantitative estimate of drug-likeness (QED) is 0.209. The Labute approximate surface area is 190 Å². The van der Waals surface area contributed by atoms with E-state index in [-0.39, 0.29) is 47.4 Å². The van der Waals surface area contributed by atoms with Crippen LogP contribution in [0.25, 0.3) is 0 Å². The third-order valence-corrected chi connectivity index (χ3v) is 4.33. The summed E-state index contributed by atoms with van der Waals surface area (Å²) in [5.74, 6) is 0.369. The Morgan fingerprint density at radius 2 is 2.14 bits per heavy atom. The highest BCUT2D eigenvalue weighted by molar-refractivity contribution is 14.0. The third-order valence-electron chi connectivity index (χ3n) is 3.83. The largest absolute Gasteiger partial charge is 0.433 e. The minimum Gasteiger partial charge on any atom is -0.433 e. The van der Waals surface area contributed by atoms with Crippen LogP contribution in [0.4, 0.5) is 8.78 Å². The molecule has 0 aromatic heterocycles. The van der Waals surface area contributed by atoms with Crippen LogP contribution in [0.2, 0.25) is 10.0 Å². The summed E-state index contributed by atoms with van der Waals surface area (Å²) in [6, 6.07) is 2.86. The highest BCUT2D eigenvalue weighted by Gasteiger charge is 2.16. The van der Waals surface area contributed by atoms with Crippen LogP contribution in [-0.2, 0) is 16.0 Å². The number of aliphatic imine (C=N–C) groups is 1. The van der Waals surface area contributed by atoms with Crippen molar-refractivity contribution in [3.05, 3.63) is 27.7 Å². The molecule has 1 fully saturated rings. The van der Waals surface area contributed by atoms with Gasteiger partial charge >= 0.3 is 6.61 Å². The van der Waals surface area contributed by atoms with Crippen molar-refractivity contribution in [2.24, 2.45) is 4.99 Å². The molecule has 1 aliphatic heterocycles. The van der Waals surface area contributed by atoms with Crippen molar-refractivity contribution < 1.29 is 23.0 Å². The van der Waals surface area contributed by atoms with Gasteiger partial charge in [-0.05, 0) is 25.0 Å². The molecule has 1 atom stereocenters. The van der Waals surface area contributed by atoms with Gasteiger partial charge in [0.15, 0.2) is 5.96 Å². The Hall–Kier alpha value is -0.620. The second kappa shape index (κ2) is 13.6. The molecule has 6 nitrogen and oxygen atoms in total. The van der Waals surface area contributed by atoms with Gasteiger partial charge in [0, 0.05) is 37.3 Å². The normalized spacial score (nSPS) is 16.8. The summed E-state index contributed by atoms with van der Waals surface area (Å²) >= 11 is 11.9. The van der Waals surface area contributed by atoms with E-state index < -0.39 is 6.61 Å². The lowest BCUT2D eigenvalue weighted by molar-refractivity contribution is -0.0504. The SMILES string of the molecule is CN=C(NCCOCC1CCCO1)NCc1cc(Cl)cc(Cl)c1OC(F)F.I. The van der Waals surface area contributed by atoms with E-state index >= 15 is 0 Å². The fourth-order valence-corrected chi connectivity index (χ4v) is 3.18. The summed E-state index contributed by atoms with van der Waals surface area (Å²) < 4.78 is 40.8. The predicted octanol–water partition coefficient (Wildman–Crippen LogP) is 4.07. The van der Waals surface area contributed by atoms with E-state index in [1.54, 1.807) is 7.05 Å². The van der Waals surface area contributed by atoms with E-state index in [0.29, 0.717) is 36.3 Å². The van der Waals surface area contributed by atoms with Gasteiger partial charge in [-0.25, -0.2) is 0 Å². The maximum absolute atomic E-state index is 12.6. The van der Waals surface area contributed by atoms with Gasteiger partial charge in [0.05, 0.1) is 24.3 Å². The molecule has 2 N–H and O–H groups in total. The van der Waals surface area contributed by atoms with E-state index in [0.717, 1.165) is 19.4 Å². The van der Waals surface area contributed by atoms with Crippen molar-refractivity contribution in [3.63, 3.8) is 0 Å². The van der Waals surface area contributed by atoms with Gasteiger partial charge in [-0.15, -0.1) is 24.0 Å². The highest BCUT2D eigenvalue weighted by atomic mass is 127. The van der Waals surface area contributed by atoms with Crippen LogP contribution >= 0.6 is 47.2 Å². The van der Waals surface area contributed by atoms with Gasteiger partial charge < -0.3 is 24.8 Å². The number of nitrogens with zero attached hydrogens (tertiary/aromatic N) is 1. The lowest BCUT2D eigenvalue weighted by Crippen LogP contribution is -2.38. The summed E-state index contributed by atoms with van der Waals surface area (Å²) in [4.78, 5) is 4.07. The maximum atomic E-state index is 12.6. The van der Waals surface area contributed by atoms with Crippen molar-refractivity contribution in [1.29, 1.82) is 0 Å². The second-order valence-electron chi connectivity index (χ2n) is 5.82. The number of halogens is 5. The Kier molecular flexibility index (Phi) is 12.3. The summed E-state index contributed by atoms with van der Waals surface area (Å²) in [5.41, 5.74) is 0.394. The Morgan fingerprint density at radius 1 is 1.36 bits per heavy atom. The van der Waals surface area contributed by atoms with Gasteiger partial charge in [-0.3, -0.25) is 4.99 Å². The molecule has 2 rings (SSSR count). The third kappa shape index (κ3) is 8.81. The number of benzene rings is 1. The van der Waals surface area contributed by atoms with E-state index in [2.05, 4.69) is 20.4 Å². The molecule has 1 aromatic rings. The number of hydrogen-bond acceptors (Lipinski definition) is 4. The van der Waals surface area contributed by atoms with E-state index in [9.17, 15) is 8.78 Å². The number of rotatable bonds is 9. The molecule has 28 heavy (non-hydrogen) atoms. The first-order valence-electron chi connectivity index (χ1n) is 8.56. The number of ether oxygens (including phenoxy) is 3. The van der Waals surface area contributed by atoms with Gasteiger partial charge in [0.1, 0.15) is 5.75 Å². The maximum Gasteiger partial charge on any atom is 0.387 e. The fraction of sp³-hybridized carbons (Fsp3) is 0.588. The topological polar surface area (TPSA) is 64.1 Å². The van der Waals surface area contributed by atoms with Crippen LogP contribution in [-0.4, -0.2) is 52.1 Å². The molecular weight excluding hydrogens is 530 g/mol. The van der Waals surface area contributed by atoms with E-state index in [4.69, 9.17) is 32.7 Å². The highest BCUT2D eigenvalue weighted by Crippen LogP contribution is 2.33. The van der Waals surface area contributed by atoms with Crippen molar-refractivity contribution in [1.82, 2.24) is 10.6 Å². The molecule has 1 aliphatic rings. The number of guanidine groups is 1. The molecule has 11 heteroatoms. The summed E-state index contributed by atoms with van der Waals surface area (Å²) in [7, 11) is 1.60. The number of nitrogens with one attached hydrogen (secondary N) is 2. The monoisotopic (exact) mass is 553 g/mol. The minimum absolute atomic E-state index is 0. The molecule has 0 amide bonds. The summed E-state index contributed by atoms with van der Waals surface area (Å²) in [6.07, 6.45) is 2.29. The Morgan fingerprint density at radius 3 is 2.79 bits per heavy atom. The molecule has 0 radical (unpaired) electrons. The molecule has 0 bridgehead atoms. The summed E-state index contributed by atoms with van der Waals surface area (Å²) in [6.45, 7) is -0.442. The van der Waals surface area contributed by atoms with E-state index in [1.807, 2.05) is 0 Å². The van der Waals surface area contributed by atoms with Crippen LogP contribution in [0, 0.1) is 0 Å². The lowest BCUT2D eigenvalue weighted by atomic mass is 10.2. The van der Waals surface area contributed by atoms with E-state index in [1.165, 1.54) is 12.1 Å². The second-order valence-corrected chi connectivity index (χ2v) is 6.66. The molecule has 1 saturated heterocycles. The van der Waals surface area contributed by atoms with Gasteiger partial charge in [0.25, 0.3) is 0 Å². The number of alkyl halides is 2. The lowest BCUT2D eigenvalue weighted by Gasteiger charge is -2.16. The van der Waals surface area contributed by atoms with Crippen LogP contribution in [0.3, 0.4) is 0 Å². The predicted molar refractivity (Wildman–Crippen MR) is 117 cm³/mol. The van der Waals surface area contributed by atoms with Gasteiger partial charge in [-0.2, -0.15) is 8.78 Å². The fourth-order valence-electron chi connectivity index (χ4n) is 2.60. The Balaban J connectivity index is 0.00000392. The van der Waals surface area contributed by atoms with Crippen LogP contribution in [0.1, 0.15) is 18.4 Å².